The van der Waals surface area contributed by atoms with Crippen molar-refractivity contribution in [3.63, 3.8) is 0 Å². The predicted molar refractivity (Wildman–Crippen MR) is 101 cm³/mol. The van der Waals surface area contributed by atoms with E-state index in [0.29, 0.717) is 12.0 Å². The Morgan fingerprint density at radius 1 is 1.38 bits per heavy atom. The van der Waals surface area contributed by atoms with E-state index in [2.05, 4.69) is 22.1 Å². The van der Waals surface area contributed by atoms with Crippen LogP contribution in [0.5, 0.6) is 0 Å². The third-order valence-corrected chi connectivity index (χ3v) is 3.89. The summed E-state index contributed by atoms with van der Waals surface area (Å²) in [5, 5.41) is 3.21. The molecule has 1 fully saturated rings. The Balaban J connectivity index is 0.00000400. The first kappa shape index (κ1) is 20.9. The molecule has 0 bridgehead atoms. The number of nitrogens with one attached hydrogen (secondary N) is 1. The molecule has 1 unspecified atom stereocenters. The summed E-state index contributed by atoms with van der Waals surface area (Å²) in [6.07, 6.45) is 7.49. The van der Waals surface area contributed by atoms with Gasteiger partial charge in [0.2, 0.25) is 0 Å². The predicted octanol–water partition coefficient (Wildman–Crippen LogP) is 2.20. The van der Waals surface area contributed by atoms with Gasteiger partial charge in [-0.1, -0.05) is 26.2 Å². The zero-order chi connectivity index (χ0) is 14.6. The first-order valence-corrected chi connectivity index (χ1v) is 8.04. The molecular formula is C15H33IN4O. The van der Waals surface area contributed by atoms with Crippen LogP contribution < -0.4 is 11.1 Å². The number of ether oxygens (including phenoxy) is 1. The lowest BCUT2D eigenvalue weighted by Gasteiger charge is -2.22. The van der Waals surface area contributed by atoms with Crippen molar-refractivity contribution in [3.8, 4) is 0 Å². The zero-order valence-corrected chi connectivity index (χ0v) is 16.0. The van der Waals surface area contributed by atoms with Gasteiger partial charge in [0, 0.05) is 26.2 Å². The van der Waals surface area contributed by atoms with E-state index in [1.165, 1.54) is 38.5 Å². The maximum absolute atomic E-state index is 5.91. The highest BCUT2D eigenvalue weighted by Gasteiger charge is 2.23. The van der Waals surface area contributed by atoms with E-state index in [-0.39, 0.29) is 24.0 Å². The molecular weight excluding hydrogens is 379 g/mol. The number of methoxy groups -OCH3 is 1. The van der Waals surface area contributed by atoms with Gasteiger partial charge in [-0.05, 0) is 25.8 Å². The van der Waals surface area contributed by atoms with Crippen molar-refractivity contribution < 1.29 is 4.74 Å². The van der Waals surface area contributed by atoms with Crippen LogP contribution in [0.1, 0.15) is 45.4 Å². The van der Waals surface area contributed by atoms with Crippen LogP contribution in [0.25, 0.3) is 0 Å². The number of hydrogen-bond donors (Lipinski definition) is 2. The summed E-state index contributed by atoms with van der Waals surface area (Å²) in [6.45, 7) is 6.92. The molecule has 0 aromatic rings. The van der Waals surface area contributed by atoms with Crippen LogP contribution >= 0.6 is 24.0 Å². The van der Waals surface area contributed by atoms with Crippen LogP contribution in [0.15, 0.2) is 4.99 Å². The van der Waals surface area contributed by atoms with Crippen molar-refractivity contribution in [1.82, 2.24) is 10.2 Å². The van der Waals surface area contributed by atoms with E-state index in [1.54, 1.807) is 7.11 Å². The van der Waals surface area contributed by atoms with Crippen LogP contribution in [0.3, 0.4) is 0 Å². The number of unbranched alkanes of at least 4 members (excludes halogenated alkanes) is 3. The molecule has 6 heteroatoms. The fourth-order valence-corrected chi connectivity index (χ4v) is 2.63. The number of nitrogens with zero attached hydrogens (tertiary/aromatic N) is 2. The minimum Gasteiger partial charge on any atom is -0.383 e. The molecule has 1 saturated heterocycles. The number of aliphatic imine (C=N–C) groups is 1. The number of likely N-dealkylation sites (tertiary alicyclic amines) is 1. The van der Waals surface area contributed by atoms with E-state index in [1.807, 2.05) is 0 Å². The average molecular weight is 412 g/mol. The van der Waals surface area contributed by atoms with Crippen molar-refractivity contribution in [3.05, 3.63) is 0 Å². The van der Waals surface area contributed by atoms with Gasteiger partial charge in [0.15, 0.2) is 5.96 Å². The van der Waals surface area contributed by atoms with Crippen LogP contribution in [-0.4, -0.2) is 56.8 Å². The van der Waals surface area contributed by atoms with Crippen LogP contribution in [0.4, 0.5) is 0 Å². The summed E-state index contributed by atoms with van der Waals surface area (Å²) in [4.78, 5) is 6.94. The van der Waals surface area contributed by atoms with E-state index >= 15 is 0 Å². The molecule has 5 nitrogen and oxygen atoms in total. The lowest BCUT2D eigenvalue weighted by molar-refractivity contribution is 0.143. The number of nitrogens with two attached hydrogens (primary N) is 1. The topological polar surface area (TPSA) is 62.9 Å². The minimum absolute atomic E-state index is 0. The Bertz CT molecular complexity index is 276. The molecule has 1 aliphatic heterocycles. The number of halogens is 1. The van der Waals surface area contributed by atoms with E-state index in [0.717, 1.165) is 32.8 Å². The monoisotopic (exact) mass is 412 g/mol. The molecule has 21 heavy (non-hydrogen) atoms. The highest BCUT2D eigenvalue weighted by molar-refractivity contribution is 14.0. The molecule has 0 radical (unpaired) electrons. The van der Waals surface area contributed by atoms with Crippen molar-refractivity contribution in [1.29, 1.82) is 0 Å². The Morgan fingerprint density at radius 3 is 2.90 bits per heavy atom. The second kappa shape index (κ2) is 13.6. The molecule has 0 aromatic carbocycles. The smallest absolute Gasteiger partial charge is 0.188 e. The van der Waals surface area contributed by atoms with Gasteiger partial charge in [0.1, 0.15) is 0 Å². The molecule has 1 aliphatic rings. The van der Waals surface area contributed by atoms with Gasteiger partial charge in [-0.3, -0.25) is 9.89 Å². The Hall–Kier alpha value is -0.0800. The van der Waals surface area contributed by atoms with E-state index in [4.69, 9.17) is 10.5 Å². The van der Waals surface area contributed by atoms with E-state index < -0.39 is 0 Å². The molecule has 0 aliphatic carbocycles. The number of hydrogen-bond acceptors (Lipinski definition) is 3. The SMILES string of the molecule is CCCCCCNC(N)=NCC1CCCN1CCOC.I. The zero-order valence-electron chi connectivity index (χ0n) is 13.6. The molecule has 0 spiro atoms. The fraction of sp³-hybridized carbons (Fsp3) is 0.933. The third kappa shape index (κ3) is 9.52. The molecule has 0 saturated carbocycles. The quantitative estimate of drug-likeness (QED) is 0.250. The maximum Gasteiger partial charge on any atom is 0.188 e. The van der Waals surface area contributed by atoms with Gasteiger partial charge in [-0.2, -0.15) is 0 Å². The van der Waals surface area contributed by atoms with Crippen molar-refractivity contribution in [2.75, 3.05) is 39.9 Å². The fourth-order valence-electron chi connectivity index (χ4n) is 2.63. The van der Waals surface area contributed by atoms with Gasteiger partial charge >= 0.3 is 0 Å². The van der Waals surface area contributed by atoms with Gasteiger partial charge in [-0.15, -0.1) is 24.0 Å². The second-order valence-electron chi connectivity index (χ2n) is 5.54. The Morgan fingerprint density at radius 2 is 2.19 bits per heavy atom. The Labute approximate surface area is 147 Å². The van der Waals surface area contributed by atoms with E-state index in [9.17, 15) is 0 Å². The molecule has 126 valence electrons. The highest BCUT2D eigenvalue weighted by atomic mass is 127. The van der Waals surface area contributed by atoms with Gasteiger partial charge in [-0.25, -0.2) is 0 Å². The van der Waals surface area contributed by atoms with Crippen LogP contribution in [0, 0.1) is 0 Å². The number of rotatable bonds is 10. The lowest BCUT2D eigenvalue weighted by atomic mass is 10.2. The molecule has 0 aromatic heterocycles. The molecule has 0 amide bonds. The normalized spacial score (nSPS) is 19.5. The standard InChI is InChI=1S/C15H32N4O.HI/c1-3-4-5-6-9-17-15(16)18-13-14-8-7-10-19(14)11-12-20-2;/h14H,3-13H2,1-2H3,(H3,16,17,18);1H. The first-order valence-electron chi connectivity index (χ1n) is 8.04. The van der Waals surface area contributed by atoms with Crippen molar-refractivity contribution >= 4 is 29.9 Å². The molecule has 1 heterocycles. The van der Waals surface area contributed by atoms with Gasteiger partial charge in [0.25, 0.3) is 0 Å². The number of guanidine groups is 1. The van der Waals surface area contributed by atoms with Crippen molar-refractivity contribution in [2.45, 2.75) is 51.5 Å². The summed E-state index contributed by atoms with van der Waals surface area (Å²) in [7, 11) is 1.75. The van der Waals surface area contributed by atoms with Crippen LogP contribution in [-0.2, 0) is 4.74 Å². The molecule has 3 N–H and O–H groups in total. The first-order chi connectivity index (χ1) is 9.77. The second-order valence-corrected chi connectivity index (χ2v) is 5.54. The summed E-state index contributed by atoms with van der Waals surface area (Å²) in [6, 6.07) is 0.533. The summed E-state index contributed by atoms with van der Waals surface area (Å²) in [5.41, 5.74) is 5.91. The minimum atomic E-state index is 0. The molecule has 1 rings (SSSR count). The largest absolute Gasteiger partial charge is 0.383 e. The van der Waals surface area contributed by atoms with Gasteiger partial charge in [0.05, 0.1) is 13.2 Å². The third-order valence-electron chi connectivity index (χ3n) is 3.89. The average Bonchev–Trinajstić information content (AvgIpc) is 2.90. The summed E-state index contributed by atoms with van der Waals surface area (Å²) >= 11 is 0. The molecule has 1 atom stereocenters. The van der Waals surface area contributed by atoms with Crippen LogP contribution in [0.2, 0.25) is 0 Å². The maximum atomic E-state index is 5.91. The summed E-state index contributed by atoms with van der Waals surface area (Å²) in [5.74, 6) is 0.597. The van der Waals surface area contributed by atoms with Gasteiger partial charge < -0.3 is 15.8 Å². The highest BCUT2D eigenvalue weighted by Crippen LogP contribution is 2.16. The lowest BCUT2D eigenvalue weighted by Crippen LogP contribution is -2.37. The summed E-state index contributed by atoms with van der Waals surface area (Å²) < 4.78 is 5.15. The van der Waals surface area contributed by atoms with Crippen molar-refractivity contribution in [2.24, 2.45) is 10.7 Å². The Kier molecular flexibility index (Phi) is 13.5.